The van der Waals surface area contributed by atoms with Crippen molar-refractivity contribution in [3.05, 3.63) is 29.8 Å². The molecule has 18 heavy (non-hydrogen) atoms. The number of likely N-dealkylation sites (N-methyl/N-ethyl adjacent to an activating group) is 1. The van der Waals surface area contributed by atoms with Crippen molar-refractivity contribution in [1.82, 2.24) is 4.90 Å². The van der Waals surface area contributed by atoms with E-state index in [9.17, 15) is 4.79 Å². The summed E-state index contributed by atoms with van der Waals surface area (Å²) in [6, 6.07) is 8.06. The molecule has 0 radical (unpaired) electrons. The van der Waals surface area contributed by atoms with Crippen LogP contribution < -0.4 is 0 Å². The second-order valence-corrected chi connectivity index (χ2v) is 5.81. The molecule has 4 heteroatoms. The summed E-state index contributed by atoms with van der Waals surface area (Å²) in [6.07, 6.45) is 0.646. The summed E-state index contributed by atoms with van der Waals surface area (Å²) in [4.78, 5) is 14.5. The lowest BCUT2D eigenvalue weighted by Crippen LogP contribution is -2.40. The number of rotatable bonds is 5. The lowest BCUT2D eigenvalue weighted by Gasteiger charge is -2.26. The molecule has 3 nitrogen and oxygen atoms in total. The second kappa shape index (κ2) is 5.76. The number of thioether (sulfide) groups is 1. The van der Waals surface area contributed by atoms with E-state index in [1.807, 2.05) is 30.6 Å². The van der Waals surface area contributed by atoms with Gasteiger partial charge in [-0.3, -0.25) is 9.69 Å². The Hall–Kier alpha value is -1.00. The van der Waals surface area contributed by atoms with E-state index in [1.54, 1.807) is 0 Å². The smallest absolute Gasteiger partial charge is 0.320 e. The minimum absolute atomic E-state index is 0.372. The van der Waals surface area contributed by atoms with E-state index in [4.69, 9.17) is 5.11 Å². The molecule has 2 atom stereocenters. The predicted octanol–water partition coefficient (Wildman–Crippen LogP) is 2.67. The van der Waals surface area contributed by atoms with Gasteiger partial charge in [-0.15, -0.1) is 11.8 Å². The zero-order chi connectivity index (χ0) is 13.1. The lowest BCUT2D eigenvalue weighted by molar-refractivity contribution is -0.142. The molecule has 1 heterocycles. The average molecular weight is 265 g/mol. The molecule has 0 saturated heterocycles. The highest BCUT2D eigenvalue weighted by Crippen LogP contribution is 2.39. The van der Waals surface area contributed by atoms with Crippen LogP contribution in [0.4, 0.5) is 0 Å². The highest BCUT2D eigenvalue weighted by atomic mass is 32.2. The van der Waals surface area contributed by atoms with Crippen molar-refractivity contribution >= 4 is 17.7 Å². The van der Waals surface area contributed by atoms with Crippen LogP contribution in [0.25, 0.3) is 0 Å². The molecule has 2 rings (SSSR count). The van der Waals surface area contributed by atoms with Crippen LogP contribution in [0.15, 0.2) is 29.2 Å². The monoisotopic (exact) mass is 265 g/mol. The summed E-state index contributed by atoms with van der Waals surface area (Å²) in [7, 11) is 1.91. The Morgan fingerprint density at radius 1 is 1.56 bits per heavy atom. The Balaban J connectivity index is 2.05. The molecule has 1 aliphatic heterocycles. The Morgan fingerprint density at radius 2 is 2.28 bits per heavy atom. The van der Waals surface area contributed by atoms with Crippen LogP contribution in [-0.2, 0) is 4.79 Å². The van der Waals surface area contributed by atoms with Crippen molar-refractivity contribution in [2.75, 3.05) is 19.3 Å². The third kappa shape index (κ3) is 2.70. The molecule has 0 aromatic heterocycles. The molecule has 0 amide bonds. The number of carboxylic acids is 1. The molecule has 1 aromatic carbocycles. The van der Waals surface area contributed by atoms with Gasteiger partial charge in [0.25, 0.3) is 0 Å². The molecule has 1 aliphatic rings. The zero-order valence-electron chi connectivity index (χ0n) is 10.8. The number of hydrogen-bond acceptors (Lipinski definition) is 3. The van der Waals surface area contributed by atoms with E-state index in [2.05, 4.69) is 24.3 Å². The molecule has 1 N–H and O–H groups in total. The Labute approximate surface area is 112 Å². The van der Waals surface area contributed by atoms with Gasteiger partial charge in [-0.1, -0.05) is 25.1 Å². The Morgan fingerprint density at radius 3 is 2.94 bits per heavy atom. The summed E-state index contributed by atoms with van der Waals surface area (Å²) in [5.74, 6) is 0.781. The van der Waals surface area contributed by atoms with Crippen LogP contribution in [-0.4, -0.2) is 41.4 Å². The molecule has 0 bridgehead atoms. The van der Waals surface area contributed by atoms with Gasteiger partial charge in [-0.2, -0.15) is 0 Å². The van der Waals surface area contributed by atoms with Gasteiger partial charge < -0.3 is 5.11 Å². The van der Waals surface area contributed by atoms with Gasteiger partial charge in [-0.25, -0.2) is 0 Å². The maximum Gasteiger partial charge on any atom is 0.320 e. The van der Waals surface area contributed by atoms with E-state index in [-0.39, 0.29) is 6.04 Å². The van der Waals surface area contributed by atoms with Crippen molar-refractivity contribution in [1.29, 1.82) is 0 Å². The molecule has 0 spiro atoms. The Bertz CT molecular complexity index is 436. The molecule has 98 valence electrons. The Kier molecular flexibility index (Phi) is 4.30. The van der Waals surface area contributed by atoms with Gasteiger partial charge in [0, 0.05) is 23.1 Å². The summed E-state index contributed by atoms with van der Waals surface area (Å²) < 4.78 is 0. The molecule has 0 saturated carbocycles. The summed E-state index contributed by atoms with van der Waals surface area (Å²) in [5, 5.41) is 9.17. The SMILES string of the molecule is CCC(C(=O)O)N(C)CC1CSc2ccccc21. The van der Waals surface area contributed by atoms with Crippen molar-refractivity contribution in [3.63, 3.8) is 0 Å². The second-order valence-electron chi connectivity index (χ2n) is 4.75. The van der Waals surface area contributed by atoms with Gasteiger partial charge in [0.05, 0.1) is 0 Å². The number of carboxylic acid groups (broad SMARTS) is 1. The minimum Gasteiger partial charge on any atom is -0.480 e. The van der Waals surface area contributed by atoms with Gasteiger partial charge in [-0.05, 0) is 25.1 Å². The first kappa shape index (κ1) is 13.4. The first-order chi connectivity index (χ1) is 8.63. The zero-order valence-corrected chi connectivity index (χ0v) is 11.6. The fourth-order valence-corrected chi connectivity index (χ4v) is 3.77. The summed E-state index contributed by atoms with van der Waals surface area (Å²) in [5.41, 5.74) is 1.37. The van der Waals surface area contributed by atoms with Gasteiger partial charge in [0.1, 0.15) is 6.04 Å². The first-order valence-corrected chi connectivity index (χ1v) is 7.26. The topological polar surface area (TPSA) is 40.5 Å². The highest BCUT2D eigenvalue weighted by Gasteiger charge is 2.28. The van der Waals surface area contributed by atoms with E-state index in [0.717, 1.165) is 12.3 Å². The fourth-order valence-electron chi connectivity index (χ4n) is 2.53. The fraction of sp³-hybridized carbons (Fsp3) is 0.500. The number of hydrogen-bond donors (Lipinski definition) is 1. The molecular formula is C14H19NO2S. The average Bonchev–Trinajstić information content (AvgIpc) is 2.73. The summed E-state index contributed by atoms with van der Waals surface area (Å²) in [6.45, 7) is 2.74. The van der Waals surface area contributed by atoms with E-state index in [0.29, 0.717) is 12.3 Å². The largest absolute Gasteiger partial charge is 0.480 e. The minimum atomic E-state index is -0.723. The lowest BCUT2D eigenvalue weighted by atomic mass is 10.00. The van der Waals surface area contributed by atoms with Crippen LogP contribution in [0.2, 0.25) is 0 Å². The third-order valence-corrected chi connectivity index (χ3v) is 4.76. The van der Waals surface area contributed by atoms with Crippen LogP contribution in [0.1, 0.15) is 24.8 Å². The van der Waals surface area contributed by atoms with Crippen LogP contribution in [0.3, 0.4) is 0 Å². The molecule has 0 fully saturated rings. The molecule has 2 unspecified atom stereocenters. The normalized spacial score (nSPS) is 19.8. The first-order valence-electron chi connectivity index (χ1n) is 6.28. The summed E-state index contributed by atoms with van der Waals surface area (Å²) >= 11 is 1.87. The third-order valence-electron chi connectivity index (χ3n) is 3.51. The van der Waals surface area contributed by atoms with E-state index >= 15 is 0 Å². The predicted molar refractivity (Wildman–Crippen MR) is 74.3 cm³/mol. The highest BCUT2D eigenvalue weighted by molar-refractivity contribution is 7.99. The van der Waals surface area contributed by atoms with Crippen molar-refractivity contribution in [2.24, 2.45) is 0 Å². The number of nitrogens with zero attached hydrogens (tertiary/aromatic N) is 1. The number of benzene rings is 1. The number of fused-ring (bicyclic) bond motifs is 1. The van der Waals surface area contributed by atoms with Crippen LogP contribution in [0, 0.1) is 0 Å². The number of aliphatic carboxylic acids is 1. The maximum absolute atomic E-state index is 11.1. The van der Waals surface area contributed by atoms with Gasteiger partial charge >= 0.3 is 5.97 Å². The van der Waals surface area contributed by atoms with Crippen molar-refractivity contribution < 1.29 is 9.90 Å². The van der Waals surface area contributed by atoms with Gasteiger partial charge in [0.2, 0.25) is 0 Å². The maximum atomic E-state index is 11.1. The standard InChI is InChI=1S/C14H19NO2S/c1-3-12(14(16)17)15(2)8-10-9-18-13-7-5-4-6-11(10)13/h4-7,10,12H,3,8-9H2,1-2H3,(H,16,17). The van der Waals surface area contributed by atoms with Crippen LogP contribution in [0.5, 0.6) is 0 Å². The van der Waals surface area contributed by atoms with Crippen molar-refractivity contribution in [2.45, 2.75) is 30.2 Å². The van der Waals surface area contributed by atoms with Crippen LogP contribution >= 0.6 is 11.8 Å². The van der Waals surface area contributed by atoms with Crippen molar-refractivity contribution in [3.8, 4) is 0 Å². The van der Waals surface area contributed by atoms with E-state index < -0.39 is 5.97 Å². The molecule has 1 aromatic rings. The quantitative estimate of drug-likeness (QED) is 0.888. The van der Waals surface area contributed by atoms with Gasteiger partial charge in [0.15, 0.2) is 0 Å². The molecule has 0 aliphatic carbocycles. The molecular weight excluding hydrogens is 246 g/mol. The number of carbonyl (C=O) groups is 1. The van der Waals surface area contributed by atoms with E-state index in [1.165, 1.54) is 10.5 Å².